The SMILES string of the molecule is BrC1=CC=C(c2c3ccccc3c(-c3ccc(Br)cn3)c3ccccc23)CCC=C1. The molecule has 0 unspecified atom stereocenters. The fourth-order valence-electron chi connectivity index (χ4n) is 4.24. The predicted molar refractivity (Wildman–Crippen MR) is 136 cm³/mol. The van der Waals surface area contributed by atoms with Crippen molar-refractivity contribution in [1.29, 1.82) is 0 Å². The van der Waals surface area contributed by atoms with E-state index in [4.69, 9.17) is 4.98 Å². The molecule has 1 aliphatic rings. The van der Waals surface area contributed by atoms with Gasteiger partial charge in [0, 0.05) is 20.7 Å². The minimum atomic E-state index is 0.988. The maximum absolute atomic E-state index is 4.74. The van der Waals surface area contributed by atoms with Crippen molar-refractivity contribution in [3.8, 4) is 11.3 Å². The van der Waals surface area contributed by atoms with E-state index < -0.39 is 0 Å². The van der Waals surface area contributed by atoms with E-state index in [0.29, 0.717) is 0 Å². The smallest absolute Gasteiger partial charge is 0.0715 e. The summed E-state index contributed by atoms with van der Waals surface area (Å²) >= 11 is 7.15. The average molecular weight is 517 g/mol. The highest BCUT2D eigenvalue weighted by molar-refractivity contribution is 9.12. The Morgan fingerprint density at radius 2 is 1.33 bits per heavy atom. The Morgan fingerprint density at radius 1 is 0.700 bits per heavy atom. The van der Waals surface area contributed by atoms with Crippen LogP contribution < -0.4 is 0 Å². The first-order chi connectivity index (χ1) is 14.7. The van der Waals surface area contributed by atoms with Crippen LogP contribution in [0.2, 0.25) is 0 Å². The fourth-order valence-corrected chi connectivity index (χ4v) is 4.79. The number of fused-ring (bicyclic) bond motifs is 2. The third kappa shape index (κ3) is 3.57. The van der Waals surface area contributed by atoms with Gasteiger partial charge in [0.25, 0.3) is 0 Å². The Bertz CT molecular complexity index is 1290. The molecule has 1 aliphatic carbocycles. The first-order valence-corrected chi connectivity index (χ1v) is 11.6. The molecule has 0 saturated heterocycles. The van der Waals surface area contributed by atoms with Gasteiger partial charge in [-0.05, 0) is 79.7 Å². The fraction of sp³-hybridized carbons (Fsp3) is 0.0741. The molecular formula is C27H19Br2N. The summed E-state index contributed by atoms with van der Waals surface area (Å²) in [5, 5.41) is 5.03. The topological polar surface area (TPSA) is 12.9 Å². The maximum atomic E-state index is 4.74. The molecule has 0 bridgehead atoms. The van der Waals surface area contributed by atoms with Crippen LogP contribution in [0.5, 0.6) is 0 Å². The van der Waals surface area contributed by atoms with Gasteiger partial charge in [-0.1, -0.05) is 82.7 Å². The van der Waals surface area contributed by atoms with Crippen molar-refractivity contribution in [2.24, 2.45) is 0 Å². The summed E-state index contributed by atoms with van der Waals surface area (Å²) in [5.74, 6) is 0. The lowest BCUT2D eigenvalue weighted by Gasteiger charge is -2.19. The molecule has 0 N–H and O–H groups in total. The van der Waals surface area contributed by atoms with Crippen molar-refractivity contribution in [2.45, 2.75) is 12.8 Å². The molecule has 1 aromatic heterocycles. The molecule has 0 radical (unpaired) electrons. The summed E-state index contributed by atoms with van der Waals surface area (Å²) in [6.07, 6.45) is 12.7. The molecule has 0 spiro atoms. The Labute approximate surface area is 193 Å². The molecule has 5 rings (SSSR count). The van der Waals surface area contributed by atoms with E-state index in [2.05, 4.69) is 117 Å². The van der Waals surface area contributed by atoms with Crippen molar-refractivity contribution in [3.05, 3.63) is 106 Å². The van der Waals surface area contributed by atoms with Crippen LogP contribution in [-0.4, -0.2) is 4.98 Å². The molecule has 3 aromatic carbocycles. The van der Waals surface area contributed by atoms with Crippen molar-refractivity contribution in [1.82, 2.24) is 4.98 Å². The Hall–Kier alpha value is -2.49. The summed E-state index contributed by atoms with van der Waals surface area (Å²) in [5.41, 5.74) is 4.88. The predicted octanol–water partition coefficient (Wildman–Crippen LogP) is 8.83. The number of hydrogen-bond donors (Lipinski definition) is 0. The number of hydrogen-bond acceptors (Lipinski definition) is 1. The molecule has 4 aromatic rings. The van der Waals surface area contributed by atoms with Crippen molar-refractivity contribution < 1.29 is 0 Å². The van der Waals surface area contributed by atoms with Crippen LogP contribution in [0.25, 0.3) is 38.4 Å². The molecule has 0 atom stereocenters. The van der Waals surface area contributed by atoms with E-state index in [1.54, 1.807) is 0 Å². The second-order valence-corrected chi connectivity index (χ2v) is 9.22. The number of pyridine rings is 1. The third-order valence-corrected chi connectivity index (χ3v) is 6.54. The molecule has 3 heteroatoms. The zero-order valence-corrected chi connectivity index (χ0v) is 19.4. The van der Waals surface area contributed by atoms with Gasteiger partial charge in [0.2, 0.25) is 0 Å². The number of aromatic nitrogens is 1. The van der Waals surface area contributed by atoms with Crippen molar-refractivity contribution in [2.75, 3.05) is 0 Å². The summed E-state index contributed by atoms with van der Waals surface area (Å²) < 4.78 is 2.09. The zero-order valence-electron chi connectivity index (χ0n) is 16.3. The number of benzene rings is 3. The highest BCUT2D eigenvalue weighted by Gasteiger charge is 2.18. The van der Waals surface area contributed by atoms with Crippen molar-refractivity contribution in [3.63, 3.8) is 0 Å². The van der Waals surface area contributed by atoms with E-state index in [0.717, 1.165) is 27.5 Å². The Kier molecular flexibility index (Phi) is 5.41. The quantitative estimate of drug-likeness (QED) is 0.242. The van der Waals surface area contributed by atoms with Gasteiger partial charge in [-0.2, -0.15) is 0 Å². The van der Waals surface area contributed by atoms with Gasteiger partial charge in [0.05, 0.1) is 5.69 Å². The molecular weight excluding hydrogens is 498 g/mol. The van der Waals surface area contributed by atoms with E-state index >= 15 is 0 Å². The van der Waals surface area contributed by atoms with Crippen LogP contribution in [0, 0.1) is 0 Å². The summed E-state index contributed by atoms with van der Waals surface area (Å²) in [4.78, 5) is 4.74. The summed E-state index contributed by atoms with van der Waals surface area (Å²) in [6, 6.07) is 21.6. The molecule has 0 amide bonds. The standard InChI is InChI=1S/C27H19Br2N/c28-19-8-2-1-7-18(13-14-19)26-21-9-3-5-11-23(21)27(24-12-6-4-10-22(24)26)25-16-15-20(29)17-30-25/h2-6,8-17H,1,7H2. The molecule has 146 valence electrons. The first kappa shape index (κ1) is 19.5. The van der Waals surface area contributed by atoms with Gasteiger partial charge < -0.3 is 0 Å². The number of halogens is 2. The lowest BCUT2D eigenvalue weighted by molar-refractivity contribution is 1.07. The second kappa shape index (κ2) is 8.33. The highest BCUT2D eigenvalue weighted by atomic mass is 79.9. The summed E-state index contributed by atoms with van der Waals surface area (Å²) in [6.45, 7) is 0. The number of nitrogens with zero attached hydrogens (tertiary/aromatic N) is 1. The molecule has 30 heavy (non-hydrogen) atoms. The van der Waals surface area contributed by atoms with Gasteiger partial charge in [-0.25, -0.2) is 0 Å². The lowest BCUT2D eigenvalue weighted by Crippen LogP contribution is -1.95. The number of rotatable bonds is 2. The normalized spacial score (nSPS) is 14.3. The van der Waals surface area contributed by atoms with E-state index in [9.17, 15) is 0 Å². The highest BCUT2D eigenvalue weighted by Crippen LogP contribution is 2.42. The Balaban J connectivity index is 1.89. The van der Waals surface area contributed by atoms with Gasteiger partial charge in [0.15, 0.2) is 0 Å². The molecule has 1 heterocycles. The van der Waals surface area contributed by atoms with E-state index in [-0.39, 0.29) is 0 Å². The Morgan fingerprint density at radius 3 is 1.93 bits per heavy atom. The van der Waals surface area contributed by atoms with Crippen LogP contribution in [0.1, 0.15) is 18.4 Å². The van der Waals surface area contributed by atoms with Gasteiger partial charge >= 0.3 is 0 Å². The average Bonchev–Trinajstić information content (AvgIpc) is 2.76. The minimum Gasteiger partial charge on any atom is -0.255 e. The summed E-state index contributed by atoms with van der Waals surface area (Å²) in [7, 11) is 0. The van der Waals surface area contributed by atoms with Gasteiger partial charge in [-0.15, -0.1) is 0 Å². The van der Waals surface area contributed by atoms with E-state index in [1.165, 1.54) is 38.2 Å². The van der Waals surface area contributed by atoms with Crippen molar-refractivity contribution >= 4 is 59.0 Å². The third-order valence-electron chi connectivity index (χ3n) is 5.54. The van der Waals surface area contributed by atoms with Crippen LogP contribution in [0.3, 0.4) is 0 Å². The molecule has 0 saturated carbocycles. The van der Waals surface area contributed by atoms with Gasteiger partial charge in [0.1, 0.15) is 0 Å². The van der Waals surface area contributed by atoms with Crippen LogP contribution in [-0.2, 0) is 0 Å². The minimum absolute atomic E-state index is 0.988. The largest absolute Gasteiger partial charge is 0.255 e. The van der Waals surface area contributed by atoms with Crippen LogP contribution in [0.4, 0.5) is 0 Å². The van der Waals surface area contributed by atoms with Gasteiger partial charge in [-0.3, -0.25) is 4.98 Å². The van der Waals surface area contributed by atoms with Crippen LogP contribution in [0.15, 0.2) is 100 Å². The second-order valence-electron chi connectivity index (χ2n) is 7.39. The molecule has 1 nitrogen and oxygen atoms in total. The maximum Gasteiger partial charge on any atom is 0.0715 e. The molecule has 0 fully saturated rings. The van der Waals surface area contributed by atoms with Crippen LogP contribution >= 0.6 is 31.9 Å². The zero-order chi connectivity index (χ0) is 20.5. The number of allylic oxidation sites excluding steroid dienone is 6. The lowest BCUT2D eigenvalue weighted by atomic mass is 9.85. The molecule has 0 aliphatic heterocycles. The van der Waals surface area contributed by atoms with E-state index in [1.807, 2.05) is 6.20 Å². The first-order valence-electron chi connectivity index (χ1n) is 10.0. The monoisotopic (exact) mass is 515 g/mol.